The van der Waals surface area contributed by atoms with Gasteiger partial charge in [-0.05, 0) is 52.9 Å². The molecule has 3 amide bonds. The van der Waals surface area contributed by atoms with E-state index in [9.17, 15) is 19.1 Å². The highest BCUT2D eigenvalue weighted by Crippen LogP contribution is 2.36. The number of rotatable bonds is 7. The maximum atomic E-state index is 14.3. The summed E-state index contributed by atoms with van der Waals surface area (Å²) >= 11 is 0. The van der Waals surface area contributed by atoms with Crippen molar-refractivity contribution in [2.45, 2.75) is 32.2 Å². The molecule has 3 aromatic carbocycles. The van der Waals surface area contributed by atoms with Crippen LogP contribution in [-0.2, 0) is 14.9 Å². The number of nitrogens with zero attached hydrogens (tertiary/aromatic N) is 5. The van der Waals surface area contributed by atoms with Crippen LogP contribution in [0.2, 0.25) is 0 Å². The SMILES string of the molecule is CC(C)(C)c1ccc(C2=NC[C@@H](c3ccc(O)cc3)N2C(=O)N2CCN(CC(=O)N3CCOCC3)CC2)c(OCCF)c1.Oc1ccccc1. The number of amidine groups is 1. The van der Waals surface area contributed by atoms with Crippen LogP contribution in [0.3, 0.4) is 0 Å². The van der Waals surface area contributed by atoms with E-state index in [1.165, 1.54) is 0 Å². The van der Waals surface area contributed by atoms with Crippen molar-refractivity contribution in [3.05, 3.63) is 89.5 Å². The average molecular weight is 690 g/mol. The summed E-state index contributed by atoms with van der Waals surface area (Å²) in [7, 11) is 0. The van der Waals surface area contributed by atoms with Crippen LogP contribution in [0.15, 0.2) is 77.8 Å². The van der Waals surface area contributed by atoms with Gasteiger partial charge in [0.2, 0.25) is 5.91 Å². The molecule has 268 valence electrons. The monoisotopic (exact) mass is 689 g/mol. The highest BCUT2D eigenvalue weighted by Gasteiger charge is 2.39. The molecule has 12 heteroatoms. The third-order valence-electron chi connectivity index (χ3n) is 8.98. The predicted molar refractivity (Wildman–Crippen MR) is 190 cm³/mol. The standard InChI is InChI=1S/C32H42FN5O5.C6H6O/c1-32(2,3)24-6-9-26(28(20-24)43-17-10-33)30-34-21-27(23-4-7-25(39)8-5-23)38(30)31(41)37-13-11-35(12-14-37)22-29(40)36-15-18-42-19-16-36;7-6-4-2-1-3-5-6/h4-9,20,27,39H,10-19,21-22H2,1-3H3;1-5,7H/t27-;/m0./s1. The van der Waals surface area contributed by atoms with Crippen LogP contribution in [0.5, 0.6) is 17.2 Å². The van der Waals surface area contributed by atoms with E-state index in [0.717, 1.165) is 11.1 Å². The summed E-state index contributed by atoms with van der Waals surface area (Å²) in [5, 5.41) is 18.5. The van der Waals surface area contributed by atoms with Crippen LogP contribution in [0.1, 0.15) is 43.5 Å². The summed E-state index contributed by atoms with van der Waals surface area (Å²) in [6.45, 7) is 10.7. The van der Waals surface area contributed by atoms with Gasteiger partial charge >= 0.3 is 6.03 Å². The van der Waals surface area contributed by atoms with Gasteiger partial charge in [-0.15, -0.1) is 0 Å². The Morgan fingerprint density at radius 2 is 1.54 bits per heavy atom. The maximum absolute atomic E-state index is 14.3. The molecule has 0 unspecified atom stereocenters. The number of morpholine rings is 1. The van der Waals surface area contributed by atoms with Crippen LogP contribution >= 0.6 is 0 Å². The molecule has 0 bridgehead atoms. The van der Waals surface area contributed by atoms with Gasteiger partial charge in [-0.2, -0.15) is 0 Å². The lowest BCUT2D eigenvalue weighted by atomic mass is 9.86. The summed E-state index contributed by atoms with van der Waals surface area (Å²) in [6, 6.07) is 20.8. The molecule has 0 radical (unpaired) electrons. The molecule has 6 rings (SSSR count). The first-order chi connectivity index (χ1) is 24.0. The number of carbonyl (C=O) groups is 2. The minimum absolute atomic E-state index is 0.0870. The number of hydrogen-bond acceptors (Lipinski definition) is 8. The maximum Gasteiger partial charge on any atom is 0.326 e. The van der Waals surface area contributed by atoms with Crippen molar-refractivity contribution in [3.63, 3.8) is 0 Å². The smallest absolute Gasteiger partial charge is 0.326 e. The normalized spacial score (nSPS) is 18.3. The van der Waals surface area contributed by atoms with Gasteiger partial charge in [0.25, 0.3) is 0 Å². The Kier molecular flexibility index (Phi) is 12.3. The number of amides is 3. The van der Waals surface area contributed by atoms with Gasteiger partial charge in [-0.1, -0.05) is 57.2 Å². The number of alkyl halides is 1. The Morgan fingerprint density at radius 3 is 2.14 bits per heavy atom. The first-order valence-electron chi connectivity index (χ1n) is 17.1. The van der Waals surface area contributed by atoms with E-state index in [4.69, 9.17) is 19.6 Å². The zero-order valence-corrected chi connectivity index (χ0v) is 29.1. The highest BCUT2D eigenvalue weighted by atomic mass is 19.1. The molecule has 0 saturated carbocycles. The van der Waals surface area contributed by atoms with E-state index in [-0.39, 0.29) is 35.8 Å². The molecule has 2 N–H and O–H groups in total. The third-order valence-corrected chi connectivity index (χ3v) is 8.98. The van der Waals surface area contributed by atoms with Crippen molar-refractivity contribution in [1.29, 1.82) is 0 Å². The van der Waals surface area contributed by atoms with Gasteiger partial charge < -0.3 is 29.5 Å². The second-order valence-corrected chi connectivity index (χ2v) is 13.5. The average Bonchev–Trinajstić information content (AvgIpc) is 3.56. The largest absolute Gasteiger partial charge is 0.508 e. The lowest BCUT2D eigenvalue weighted by molar-refractivity contribution is -0.136. The van der Waals surface area contributed by atoms with E-state index in [2.05, 4.69) is 25.7 Å². The third kappa shape index (κ3) is 9.30. The summed E-state index contributed by atoms with van der Waals surface area (Å²) in [5.74, 6) is 1.51. The fourth-order valence-corrected chi connectivity index (χ4v) is 6.09. The fourth-order valence-electron chi connectivity index (χ4n) is 6.09. The van der Waals surface area contributed by atoms with Crippen molar-refractivity contribution in [1.82, 2.24) is 19.6 Å². The summed E-state index contributed by atoms with van der Waals surface area (Å²) in [4.78, 5) is 39.3. The van der Waals surface area contributed by atoms with Gasteiger partial charge in [0.05, 0.1) is 37.9 Å². The van der Waals surface area contributed by atoms with Crippen molar-refractivity contribution in [2.24, 2.45) is 4.99 Å². The number of aromatic hydroxyl groups is 2. The van der Waals surface area contributed by atoms with E-state index < -0.39 is 6.67 Å². The number of para-hydroxylation sites is 1. The molecule has 2 fully saturated rings. The Balaban J connectivity index is 0.000000619. The van der Waals surface area contributed by atoms with Crippen LogP contribution in [0, 0.1) is 0 Å². The first kappa shape index (κ1) is 36.6. The van der Waals surface area contributed by atoms with Crippen LogP contribution in [0.4, 0.5) is 9.18 Å². The van der Waals surface area contributed by atoms with Crippen molar-refractivity contribution in [3.8, 4) is 17.2 Å². The number of phenolic OH excluding ortho intramolecular Hbond substituents is 2. The molecule has 11 nitrogen and oxygen atoms in total. The fraction of sp³-hybridized carbons (Fsp3) is 0.447. The van der Waals surface area contributed by atoms with Gasteiger partial charge in [-0.25, -0.2) is 9.18 Å². The number of urea groups is 1. The minimum atomic E-state index is -0.636. The lowest BCUT2D eigenvalue weighted by Gasteiger charge is -2.39. The van der Waals surface area contributed by atoms with Crippen molar-refractivity contribution in [2.75, 3.05) is 78.9 Å². The number of hydrogen-bond donors (Lipinski definition) is 2. The van der Waals surface area contributed by atoms with Gasteiger partial charge in [0.1, 0.15) is 36.4 Å². The van der Waals surface area contributed by atoms with Crippen LogP contribution < -0.4 is 4.74 Å². The lowest BCUT2D eigenvalue weighted by Crippen LogP contribution is -2.55. The molecule has 0 spiro atoms. The highest BCUT2D eigenvalue weighted by molar-refractivity contribution is 6.10. The van der Waals surface area contributed by atoms with Crippen molar-refractivity contribution < 1.29 is 33.7 Å². The van der Waals surface area contributed by atoms with Gasteiger partial charge in [0, 0.05) is 39.3 Å². The molecule has 50 heavy (non-hydrogen) atoms. The van der Waals surface area contributed by atoms with Crippen LogP contribution in [0.25, 0.3) is 0 Å². The molecule has 3 aromatic rings. The van der Waals surface area contributed by atoms with Gasteiger partial charge in [0.15, 0.2) is 0 Å². The summed E-state index contributed by atoms with van der Waals surface area (Å²) in [6.07, 6.45) is 0. The molecule has 0 aliphatic carbocycles. The second-order valence-electron chi connectivity index (χ2n) is 13.5. The number of phenols is 2. The molecule has 3 heterocycles. The summed E-state index contributed by atoms with van der Waals surface area (Å²) < 4.78 is 24.5. The quantitative estimate of drug-likeness (QED) is 0.365. The zero-order chi connectivity index (χ0) is 35.7. The Labute approximate surface area is 293 Å². The minimum Gasteiger partial charge on any atom is -0.508 e. The molecular weight excluding hydrogens is 641 g/mol. The molecule has 2 saturated heterocycles. The van der Waals surface area contributed by atoms with E-state index in [1.54, 1.807) is 58.3 Å². The number of benzene rings is 3. The number of aliphatic imine (C=N–C) groups is 1. The topological polar surface area (TPSA) is 118 Å². The van der Waals surface area contributed by atoms with Crippen LogP contribution in [-0.4, -0.2) is 126 Å². The predicted octanol–water partition coefficient (Wildman–Crippen LogP) is 4.83. The number of carbonyl (C=O) groups excluding carboxylic acids is 2. The second kappa shape index (κ2) is 16.8. The number of piperazine rings is 1. The zero-order valence-electron chi connectivity index (χ0n) is 29.1. The molecule has 1 atom stereocenters. The molecular formula is C38H48FN5O6. The van der Waals surface area contributed by atoms with Gasteiger partial charge in [-0.3, -0.25) is 19.6 Å². The molecule has 0 aromatic heterocycles. The molecule has 3 aliphatic rings. The number of ether oxygens (including phenoxy) is 2. The van der Waals surface area contributed by atoms with E-state index in [0.29, 0.717) is 88.5 Å². The summed E-state index contributed by atoms with van der Waals surface area (Å²) in [5.41, 5.74) is 2.35. The first-order valence-corrected chi connectivity index (χ1v) is 17.1. The van der Waals surface area contributed by atoms with Crippen molar-refractivity contribution >= 4 is 17.8 Å². The number of halogens is 1. The Hall–Kier alpha value is -4.68. The Morgan fingerprint density at radius 1 is 0.880 bits per heavy atom. The molecule has 3 aliphatic heterocycles. The van der Waals surface area contributed by atoms with E-state index >= 15 is 0 Å². The Bertz CT molecular complexity index is 1600. The van der Waals surface area contributed by atoms with E-state index in [1.807, 2.05) is 29.2 Å².